The van der Waals surface area contributed by atoms with Crippen molar-refractivity contribution in [2.75, 3.05) is 0 Å². The Kier molecular flexibility index (Phi) is 5.56. The zero-order valence-corrected chi connectivity index (χ0v) is 16.1. The number of hydrogen-bond donors (Lipinski definition) is 1. The van der Waals surface area contributed by atoms with Crippen molar-refractivity contribution >= 4 is 51.6 Å². The second-order valence-corrected chi connectivity index (χ2v) is 7.02. The zero-order valence-electron chi connectivity index (χ0n) is 13.9. The minimum Gasteiger partial charge on any atom is -0.487 e. The monoisotopic (exact) mass is 408 g/mol. The summed E-state index contributed by atoms with van der Waals surface area (Å²) in [6.45, 7) is 2.02. The molecular formula is C19H15Cl3N2O2. The molecule has 0 saturated heterocycles. The van der Waals surface area contributed by atoms with Crippen molar-refractivity contribution in [1.29, 1.82) is 0 Å². The zero-order chi connectivity index (χ0) is 18.8. The van der Waals surface area contributed by atoms with Crippen LogP contribution in [0, 0.1) is 6.92 Å². The Morgan fingerprint density at radius 3 is 2.58 bits per heavy atom. The van der Waals surface area contributed by atoms with Gasteiger partial charge in [0.2, 0.25) is 5.91 Å². The van der Waals surface area contributed by atoms with Crippen molar-refractivity contribution in [2.45, 2.75) is 20.0 Å². The van der Waals surface area contributed by atoms with Gasteiger partial charge in [0.25, 0.3) is 0 Å². The molecule has 4 nitrogen and oxygen atoms in total. The predicted molar refractivity (Wildman–Crippen MR) is 105 cm³/mol. The highest BCUT2D eigenvalue weighted by Crippen LogP contribution is 2.35. The molecule has 0 saturated carbocycles. The maximum absolute atomic E-state index is 11.3. The number of benzene rings is 2. The number of aryl methyl sites for hydroxylation is 1. The van der Waals surface area contributed by atoms with Gasteiger partial charge in [-0.3, -0.25) is 4.79 Å². The van der Waals surface area contributed by atoms with E-state index in [0.29, 0.717) is 26.9 Å². The number of nitrogens with zero attached hydrogens (tertiary/aromatic N) is 1. The number of aromatic nitrogens is 1. The average molecular weight is 410 g/mol. The van der Waals surface area contributed by atoms with Gasteiger partial charge in [0.15, 0.2) is 0 Å². The van der Waals surface area contributed by atoms with Gasteiger partial charge in [0.1, 0.15) is 17.9 Å². The fraction of sp³-hybridized carbons (Fsp3) is 0.158. The molecule has 1 heterocycles. The summed E-state index contributed by atoms with van der Waals surface area (Å²) in [6.07, 6.45) is -0.0726. The van der Waals surface area contributed by atoms with Gasteiger partial charge in [-0.05, 0) is 30.7 Å². The van der Waals surface area contributed by atoms with Gasteiger partial charge < -0.3 is 10.5 Å². The average Bonchev–Trinajstić information content (AvgIpc) is 2.58. The summed E-state index contributed by atoms with van der Waals surface area (Å²) in [4.78, 5) is 15.8. The van der Waals surface area contributed by atoms with Gasteiger partial charge in [0.05, 0.1) is 16.5 Å². The van der Waals surface area contributed by atoms with Crippen LogP contribution in [0.2, 0.25) is 15.1 Å². The quantitative estimate of drug-likeness (QED) is 0.637. The van der Waals surface area contributed by atoms with Crippen LogP contribution in [0.5, 0.6) is 5.75 Å². The second kappa shape index (κ2) is 7.70. The van der Waals surface area contributed by atoms with Crippen LogP contribution in [-0.2, 0) is 17.8 Å². The molecule has 0 bridgehead atoms. The number of nitrogens with two attached hydrogens (primary N) is 1. The summed E-state index contributed by atoms with van der Waals surface area (Å²) in [5.41, 5.74) is 7.89. The SMILES string of the molecule is Cc1ccc2cccc(OCc3c(Cl)cc(Cl)c(CC(N)=O)c3Cl)c2n1. The Bertz CT molecular complexity index is 1010. The number of primary amides is 1. The van der Waals surface area contributed by atoms with Crippen LogP contribution in [0.3, 0.4) is 0 Å². The number of fused-ring (bicyclic) bond motifs is 1. The van der Waals surface area contributed by atoms with Crippen LogP contribution < -0.4 is 10.5 Å². The fourth-order valence-corrected chi connectivity index (χ4v) is 3.64. The Balaban J connectivity index is 1.95. The first-order valence-corrected chi connectivity index (χ1v) is 8.93. The van der Waals surface area contributed by atoms with Crippen LogP contribution >= 0.6 is 34.8 Å². The molecule has 7 heteroatoms. The smallest absolute Gasteiger partial charge is 0.221 e. The Morgan fingerprint density at radius 1 is 1.12 bits per heavy atom. The van der Waals surface area contributed by atoms with E-state index in [1.165, 1.54) is 6.07 Å². The van der Waals surface area contributed by atoms with Crippen LogP contribution in [-0.4, -0.2) is 10.9 Å². The number of halogens is 3. The molecule has 0 aliphatic heterocycles. The van der Waals surface area contributed by atoms with E-state index in [9.17, 15) is 4.79 Å². The fourth-order valence-electron chi connectivity index (χ4n) is 2.63. The molecule has 0 aliphatic carbocycles. The van der Waals surface area contributed by atoms with E-state index in [0.717, 1.165) is 16.6 Å². The maximum atomic E-state index is 11.3. The molecule has 0 atom stereocenters. The first-order chi connectivity index (χ1) is 12.4. The molecule has 0 aliphatic rings. The lowest BCUT2D eigenvalue weighted by Crippen LogP contribution is -2.15. The number of hydrogen-bond acceptors (Lipinski definition) is 3. The number of pyridine rings is 1. The lowest BCUT2D eigenvalue weighted by Gasteiger charge is -2.15. The molecule has 0 spiro atoms. The van der Waals surface area contributed by atoms with Crippen LogP contribution in [0.25, 0.3) is 10.9 Å². The number of rotatable bonds is 5. The van der Waals surface area contributed by atoms with Gasteiger partial charge in [-0.25, -0.2) is 4.98 Å². The molecule has 0 radical (unpaired) electrons. The molecular weight excluding hydrogens is 395 g/mol. The Labute approximate surface area is 165 Å². The van der Waals surface area contributed by atoms with Crippen molar-refractivity contribution in [2.24, 2.45) is 5.73 Å². The van der Waals surface area contributed by atoms with Crippen LogP contribution in [0.4, 0.5) is 0 Å². The Morgan fingerprint density at radius 2 is 1.85 bits per heavy atom. The number of amides is 1. The predicted octanol–water partition coefficient (Wildman–Crippen LogP) is 5.11. The van der Waals surface area contributed by atoms with Gasteiger partial charge in [-0.15, -0.1) is 0 Å². The minimum atomic E-state index is -0.531. The van der Waals surface area contributed by atoms with Gasteiger partial charge in [-0.2, -0.15) is 0 Å². The molecule has 134 valence electrons. The lowest BCUT2D eigenvalue weighted by molar-refractivity contribution is -0.117. The number of carbonyl (C=O) groups excluding carboxylic acids is 1. The van der Waals surface area contributed by atoms with Gasteiger partial charge >= 0.3 is 0 Å². The normalized spacial score (nSPS) is 10.9. The standard InChI is InChI=1S/C19H15Cl3N2O2/c1-10-5-6-11-3-2-4-16(19(11)24-10)26-9-13-15(21)8-14(20)12(18(13)22)7-17(23)25/h2-6,8H,7,9H2,1H3,(H2,23,25). The molecule has 0 unspecified atom stereocenters. The van der Waals surface area contributed by atoms with Crippen molar-refractivity contribution in [3.8, 4) is 5.75 Å². The summed E-state index contributed by atoms with van der Waals surface area (Å²) in [6, 6.07) is 11.1. The van der Waals surface area contributed by atoms with E-state index in [-0.39, 0.29) is 18.1 Å². The van der Waals surface area contributed by atoms with Crippen molar-refractivity contribution < 1.29 is 9.53 Å². The molecule has 3 aromatic rings. The number of ether oxygens (including phenoxy) is 1. The highest BCUT2D eigenvalue weighted by Gasteiger charge is 2.17. The summed E-state index contributed by atoms with van der Waals surface area (Å²) >= 11 is 18.8. The van der Waals surface area contributed by atoms with E-state index in [1.807, 2.05) is 37.3 Å². The molecule has 1 amide bonds. The van der Waals surface area contributed by atoms with Crippen molar-refractivity contribution in [3.63, 3.8) is 0 Å². The highest BCUT2D eigenvalue weighted by molar-refractivity contribution is 6.40. The van der Waals surface area contributed by atoms with Crippen LogP contribution in [0.15, 0.2) is 36.4 Å². The van der Waals surface area contributed by atoms with Crippen LogP contribution in [0.1, 0.15) is 16.8 Å². The van der Waals surface area contributed by atoms with E-state index in [4.69, 9.17) is 45.3 Å². The molecule has 26 heavy (non-hydrogen) atoms. The summed E-state index contributed by atoms with van der Waals surface area (Å²) in [7, 11) is 0. The number of para-hydroxylation sites is 1. The maximum Gasteiger partial charge on any atom is 0.221 e. The number of carbonyl (C=O) groups is 1. The van der Waals surface area contributed by atoms with Crippen molar-refractivity contribution in [1.82, 2.24) is 4.98 Å². The third-order valence-electron chi connectivity index (χ3n) is 3.91. The molecule has 3 rings (SSSR count). The van der Waals surface area contributed by atoms with Crippen molar-refractivity contribution in [3.05, 3.63) is 68.3 Å². The second-order valence-electron chi connectivity index (χ2n) is 5.82. The largest absolute Gasteiger partial charge is 0.487 e. The third-order valence-corrected chi connectivity index (χ3v) is 5.04. The molecule has 0 fully saturated rings. The summed E-state index contributed by atoms with van der Waals surface area (Å²) in [5, 5.41) is 1.91. The molecule has 1 aromatic heterocycles. The van der Waals surface area contributed by atoms with E-state index < -0.39 is 5.91 Å². The van der Waals surface area contributed by atoms with Gasteiger partial charge in [-0.1, -0.05) is 53.0 Å². The molecule has 2 N–H and O–H groups in total. The molecule has 2 aromatic carbocycles. The lowest BCUT2D eigenvalue weighted by atomic mass is 10.1. The minimum absolute atomic E-state index is 0.0726. The first-order valence-electron chi connectivity index (χ1n) is 7.79. The highest BCUT2D eigenvalue weighted by atomic mass is 35.5. The van der Waals surface area contributed by atoms with Gasteiger partial charge in [0, 0.05) is 21.7 Å². The first kappa shape index (κ1) is 18.8. The summed E-state index contributed by atoms with van der Waals surface area (Å²) in [5.74, 6) is 0.0847. The Hall–Kier alpha value is -2.01. The van der Waals surface area contributed by atoms with E-state index in [1.54, 1.807) is 0 Å². The third kappa shape index (κ3) is 3.88. The van der Waals surface area contributed by atoms with E-state index >= 15 is 0 Å². The van der Waals surface area contributed by atoms with E-state index in [2.05, 4.69) is 4.98 Å². The topological polar surface area (TPSA) is 65.2 Å². The summed E-state index contributed by atoms with van der Waals surface area (Å²) < 4.78 is 5.93.